The highest BCUT2D eigenvalue weighted by Crippen LogP contribution is 2.30. The maximum absolute atomic E-state index is 12.8. The summed E-state index contributed by atoms with van der Waals surface area (Å²) in [6, 6.07) is 17.1. The first-order valence-electron chi connectivity index (χ1n) is 9.02. The van der Waals surface area contributed by atoms with E-state index in [2.05, 4.69) is 15.8 Å². The summed E-state index contributed by atoms with van der Waals surface area (Å²) in [5, 5.41) is 8.00. The third-order valence-electron chi connectivity index (χ3n) is 4.27. The summed E-state index contributed by atoms with van der Waals surface area (Å²) in [6.45, 7) is 1.54. The second kappa shape index (κ2) is 8.77. The Labute approximate surface area is 170 Å². The number of nitrogens with one attached hydrogen (secondary N) is 2. The lowest BCUT2D eigenvalue weighted by atomic mass is 10.0. The number of alkyl halides is 3. The van der Waals surface area contributed by atoms with Gasteiger partial charge in [-0.1, -0.05) is 42.5 Å². The van der Waals surface area contributed by atoms with E-state index < -0.39 is 23.6 Å². The van der Waals surface area contributed by atoms with Crippen LogP contribution in [0, 0.1) is 0 Å². The van der Waals surface area contributed by atoms with E-state index >= 15 is 0 Å². The second-order valence-electron chi connectivity index (χ2n) is 6.62. The van der Waals surface area contributed by atoms with Crippen LogP contribution < -0.4 is 10.7 Å². The summed E-state index contributed by atoms with van der Waals surface area (Å²) < 4.78 is 38.3. The highest BCUT2D eigenvalue weighted by Gasteiger charge is 2.30. The van der Waals surface area contributed by atoms with E-state index in [0.717, 1.165) is 22.9 Å². The Morgan fingerprint density at radius 2 is 1.67 bits per heavy atom. The number of rotatable bonds is 5. The number of benzene rings is 3. The molecule has 0 heterocycles. The molecule has 0 fully saturated rings. The fourth-order valence-corrected chi connectivity index (χ4v) is 2.88. The van der Waals surface area contributed by atoms with Crippen molar-refractivity contribution in [2.75, 3.05) is 5.32 Å². The van der Waals surface area contributed by atoms with Crippen molar-refractivity contribution >= 4 is 34.0 Å². The Hall–Kier alpha value is -3.68. The van der Waals surface area contributed by atoms with Gasteiger partial charge >= 0.3 is 6.18 Å². The second-order valence-corrected chi connectivity index (χ2v) is 6.62. The van der Waals surface area contributed by atoms with Crippen molar-refractivity contribution < 1.29 is 22.8 Å². The number of amides is 2. The number of halogens is 3. The van der Waals surface area contributed by atoms with Gasteiger partial charge in [-0.05, 0) is 42.0 Å². The smallest absolute Gasteiger partial charge is 0.326 e. The van der Waals surface area contributed by atoms with E-state index in [1.54, 1.807) is 12.1 Å². The van der Waals surface area contributed by atoms with Gasteiger partial charge in [0.05, 0.1) is 12.0 Å². The number of fused-ring (bicyclic) bond motifs is 1. The molecule has 3 rings (SSSR count). The molecule has 0 saturated carbocycles. The number of hydrogen-bond donors (Lipinski definition) is 2. The maximum Gasteiger partial charge on any atom is 0.416 e. The zero-order chi connectivity index (χ0) is 21.7. The van der Waals surface area contributed by atoms with Gasteiger partial charge in [0.25, 0.3) is 5.91 Å². The van der Waals surface area contributed by atoms with Crippen molar-refractivity contribution in [1.82, 2.24) is 5.43 Å². The first-order chi connectivity index (χ1) is 14.2. The first-order valence-corrected chi connectivity index (χ1v) is 9.02. The molecule has 3 aromatic carbocycles. The topological polar surface area (TPSA) is 70.6 Å². The summed E-state index contributed by atoms with van der Waals surface area (Å²) in [7, 11) is 0. The quantitative estimate of drug-likeness (QED) is 0.457. The minimum absolute atomic E-state index is 0.0300. The Morgan fingerprint density at radius 1 is 0.967 bits per heavy atom. The zero-order valence-corrected chi connectivity index (χ0v) is 16.0. The number of hydrazone groups is 1. The molecule has 0 aliphatic heterocycles. The summed E-state index contributed by atoms with van der Waals surface area (Å²) in [6.07, 6.45) is -4.68. The molecule has 5 nitrogen and oxygen atoms in total. The molecule has 30 heavy (non-hydrogen) atoms. The minimum Gasteiger partial charge on any atom is -0.326 e. The van der Waals surface area contributed by atoms with Gasteiger partial charge in [-0.25, -0.2) is 5.43 Å². The van der Waals surface area contributed by atoms with Gasteiger partial charge < -0.3 is 5.32 Å². The van der Waals surface area contributed by atoms with Crippen molar-refractivity contribution in [3.05, 3.63) is 77.9 Å². The lowest BCUT2D eigenvalue weighted by molar-refractivity contribution is -0.137. The third kappa shape index (κ3) is 5.22. The fraction of sp³-hybridized carbons (Fsp3) is 0.136. The van der Waals surface area contributed by atoms with Gasteiger partial charge in [-0.3, -0.25) is 9.59 Å². The Balaban J connectivity index is 1.62. The molecule has 0 aliphatic carbocycles. The van der Waals surface area contributed by atoms with E-state index in [0.29, 0.717) is 11.3 Å². The molecule has 0 unspecified atom stereocenters. The average Bonchev–Trinajstić information content (AvgIpc) is 2.71. The molecule has 0 radical (unpaired) electrons. The fourth-order valence-electron chi connectivity index (χ4n) is 2.88. The summed E-state index contributed by atoms with van der Waals surface area (Å²) in [4.78, 5) is 24.5. The van der Waals surface area contributed by atoms with Crippen LogP contribution in [0.1, 0.15) is 29.3 Å². The molecule has 0 aromatic heterocycles. The molecule has 8 heteroatoms. The van der Waals surface area contributed by atoms with Crippen LogP contribution in [0.25, 0.3) is 10.8 Å². The number of carbonyl (C=O) groups excluding carboxylic acids is 2. The van der Waals surface area contributed by atoms with Crippen LogP contribution in [-0.4, -0.2) is 17.5 Å². The SMILES string of the molecule is C/C(CC(=O)Nc1cccc(C(F)(F)F)c1)=N/NC(=O)c1cccc2ccccc12. The van der Waals surface area contributed by atoms with Crippen molar-refractivity contribution in [1.29, 1.82) is 0 Å². The molecule has 0 bridgehead atoms. The number of hydrogen-bond acceptors (Lipinski definition) is 3. The monoisotopic (exact) mass is 413 g/mol. The molecule has 0 aliphatic rings. The molecule has 2 N–H and O–H groups in total. The van der Waals surface area contributed by atoms with E-state index in [1.807, 2.05) is 30.3 Å². The van der Waals surface area contributed by atoms with Gasteiger partial charge in [0, 0.05) is 17.0 Å². The molecular formula is C22H18F3N3O2. The van der Waals surface area contributed by atoms with Gasteiger partial charge in [-0.2, -0.15) is 18.3 Å². The molecular weight excluding hydrogens is 395 g/mol. The van der Waals surface area contributed by atoms with Crippen LogP contribution in [-0.2, 0) is 11.0 Å². The van der Waals surface area contributed by atoms with Crippen LogP contribution in [0.2, 0.25) is 0 Å². The van der Waals surface area contributed by atoms with Crippen molar-refractivity contribution in [3.8, 4) is 0 Å². The number of nitrogens with zero attached hydrogens (tertiary/aromatic N) is 1. The summed E-state index contributed by atoms with van der Waals surface area (Å²) >= 11 is 0. The van der Waals surface area contributed by atoms with Crippen LogP contribution in [0.3, 0.4) is 0 Å². The van der Waals surface area contributed by atoms with Gasteiger partial charge in [0.2, 0.25) is 5.91 Å². The number of anilines is 1. The van der Waals surface area contributed by atoms with Crippen LogP contribution in [0.15, 0.2) is 71.8 Å². The lowest BCUT2D eigenvalue weighted by Gasteiger charge is -2.10. The molecule has 2 amide bonds. The Bertz CT molecular complexity index is 1120. The number of carbonyl (C=O) groups is 2. The van der Waals surface area contributed by atoms with E-state index in [1.165, 1.54) is 19.1 Å². The standard InChI is InChI=1S/C22H18F3N3O2/c1-14(12-20(29)26-17-9-5-8-16(13-17)22(23,24)25)27-28-21(30)19-11-4-7-15-6-2-3-10-18(15)19/h2-11,13H,12H2,1H3,(H,26,29)(H,28,30)/b27-14-. The predicted molar refractivity (Wildman–Crippen MR) is 109 cm³/mol. The minimum atomic E-state index is -4.50. The van der Waals surface area contributed by atoms with Crippen molar-refractivity contribution in [2.24, 2.45) is 5.10 Å². The third-order valence-corrected chi connectivity index (χ3v) is 4.27. The molecule has 0 spiro atoms. The van der Waals surface area contributed by atoms with Crippen LogP contribution >= 0.6 is 0 Å². The largest absolute Gasteiger partial charge is 0.416 e. The van der Waals surface area contributed by atoms with Crippen LogP contribution in [0.4, 0.5) is 18.9 Å². The normalized spacial score (nSPS) is 11.9. The van der Waals surface area contributed by atoms with Gasteiger partial charge in [0.15, 0.2) is 0 Å². The Morgan fingerprint density at radius 3 is 2.43 bits per heavy atom. The highest BCUT2D eigenvalue weighted by molar-refractivity contribution is 6.08. The summed E-state index contributed by atoms with van der Waals surface area (Å²) in [5.74, 6) is -0.973. The van der Waals surface area contributed by atoms with Crippen LogP contribution in [0.5, 0.6) is 0 Å². The lowest BCUT2D eigenvalue weighted by Crippen LogP contribution is -2.21. The molecule has 154 valence electrons. The van der Waals surface area contributed by atoms with Gasteiger partial charge in [-0.15, -0.1) is 0 Å². The van der Waals surface area contributed by atoms with Crippen molar-refractivity contribution in [3.63, 3.8) is 0 Å². The van der Waals surface area contributed by atoms with Crippen molar-refractivity contribution in [2.45, 2.75) is 19.5 Å². The summed E-state index contributed by atoms with van der Waals surface area (Å²) in [5.41, 5.74) is 2.33. The predicted octanol–water partition coefficient (Wildman–Crippen LogP) is 4.99. The average molecular weight is 413 g/mol. The molecule has 3 aromatic rings. The molecule has 0 atom stereocenters. The Kier molecular flexibility index (Phi) is 6.15. The van der Waals surface area contributed by atoms with E-state index in [-0.39, 0.29) is 12.1 Å². The molecule has 0 saturated heterocycles. The van der Waals surface area contributed by atoms with Gasteiger partial charge in [0.1, 0.15) is 0 Å². The zero-order valence-electron chi connectivity index (χ0n) is 16.0. The maximum atomic E-state index is 12.8. The first kappa shape index (κ1) is 21.0. The van der Waals surface area contributed by atoms with E-state index in [9.17, 15) is 22.8 Å². The highest BCUT2D eigenvalue weighted by atomic mass is 19.4. The van der Waals surface area contributed by atoms with E-state index in [4.69, 9.17) is 0 Å².